The summed E-state index contributed by atoms with van der Waals surface area (Å²) in [6.45, 7) is 5.46. The zero-order chi connectivity index (χ0) is 67.8. The van der Waals surface area contributed by atoms with Gasteiger partial charge in [-0.3, -0.25) is 29.9 Å². The van der Waals surface area contributed by atoms with Crippen molar-refractivity contribution in [1.29, 1.82) is 0 Å². The maximum absolute atomic E-state index is 13.8. The number of fused-ring (bicyclic) bond motifs is 9. The van der Waals surface area contributed by atoms with E-state index in [4.69, 9.17) is 14.3 Å². The van der Waals surface area contributed by atoms with Crippen LogP contribution < -0.4 is 0 Å². The van der Waals surface area contributed by atoms with Gasteiger partial charge in [0.1, 0.15) is 0 Å². The van der Waals surface area contributed by atoms with Gasteiger partial charge in [-0.25, -0.2) is 13.3 Å². The smallest absolute Gasteiger partial charge is 0.243 e. The van der Waals surface area contributed by atoms with Crippen LogP contribution in [0.3, 0.4) is 0 Å². The van der Waals surface area contributed by atoms with Gasteiger partial charge in [-0.2, -0.15) is 4.31 Å². The molecule has 500 valence electrons. The Bertz CT molecular complexity index is 4930. The third-order valence-electron chi connectivity index (χ3n) is 17.9. The molecule has 15 aromatic rings. The van der Waals surface area contributed by atoms with Crippen LogP contribution in [0, 0.1) is 0 Å². The van der Waals surface area contributed by atoms with Crippen molar-refractivity contribution in [3.63, 3.8) is 0 Å². The van der Waals surface area contributed by atoms with Gasteiger partial charge in [0.25, 0.3) is 0 Å². The van der Waals surface area contributed by atoms with Crippen molar-refractivity contribution in [1.82, 2.24) is 34.2 Å². The number of unbranched alkanes of at least 4 members (excludes halogenated alkanes) is 6. The Morgan fingerprint density at radius 2 is 0.600 bits per heavy atom. The Hall–Kier alpha value is -9.80. The molecule has 100 heavy (non-hydrogen) atoms. The first-order valence-corrected chi connectivity index (χ1v) is 36.0. The molecule has 12 nitrogen and oxygen atoms in total. The molecule has 0 saturated heterocycles. The first-order chi connectivity index (χ1) is 48.8. The zero-order valence-corrected chi connectivity index (χ0v) is 59.3. The third-order valence-corrected chi connectivity index (χ3v) is 20.4. The molecule has 6 heterocycles. The Labute approximate surface area is 601 Å². The maximum atomic E-state index is 13.8. The quantitative estimate of drug-likeness (QED) is 0.0159. The molecular weight excluding hydrogens is 1360 g/mol. The van der Waals surface area contributed by atoms with Crippen LogP contribution in [-0.2, 0) is 43.8 Å². The fourth-order valence-electron chi connectivity index (χ4n) is 13.0. The van der Waals surface area contributed by atoms with Gasteiger partial charge >= 0.3 is 0 Å². The van der Waals surface area contributed by atoms with Gasteiger partial charge in [-0.15, -0.1) is 4.33 Å². The van der Waals surface area contributed by atoms with E-state index in [1.54, 1.807) is 28.8 Å². The molecule has 0 aliphatic rings. The van der Waals surface area contributed by atoms with E-state index in [9.17, 15) is 8.42 Å². The summed E-state index contributed by atoms with van der Waals surface area (Å²) in [5.41, 5.74) is 18.9. The molecule has 0 spiro atoms. The molecular formula is C85H75N7O5RuS2. The number of aromatic nitrogens is 6. The molecule has 0 fully saturated rings. The summed E-state index contributed by atoms with van der Waals surface area (Å²) in [5, 5.41) is 10.9. The first-order valence-electron chi connectivity index (χ1n) is 33.8. The normalized spacial score (nSPS) is 11.4. The Balaban J connectivity index is 0.000000151. The molecule has 0 radical (unpaired) electrons. The molecule has 6 aromatic heterocycles. The van der Waals surface area contributed by atoms with E-state index in [-0.39, 0.29) is 19.5 Å². The monoisotopic (exact) mass is 1440 g/mol. The van der Waals surface area contributed by atoms with E-state index in [1.165, 1.54) is 51.6 Å². The van der Waals surface area contributed by atoms with Crippen LogP contribution in [0.1, 0.15) is 65.2 Å². The Morgan fingerprint density at radius 3 is 0.870 bits per heavy atom. The van der Waals surface area contributed by atoms with Crippen LogP contribution in [0.15, 0.2) is 290 Å². The predicted octanol–water partition coefficient (Wildman–Crippen LogP) is 22.0. The summed E-state index contributed by atoms with van der Waals surface area (Å²) < 4.78 is 34.2. The van der Waals surface area contributed by atoms with E-state index >= 15 is 0 Å². The molecule has 15 rings (SSSR count). The van der Waals surface area contributed by atoms with E-state index in [1.807, 2.05) is 97.6 Å². The first kappa shape index (κ1) is 70.1. The molecule has 0 bridgehead atoms. The molecule has 0 atom stereocenters. The second kappa shape index (κ2) is 33.8. The van der Waals surface area contributed by atoms with Gasteiger partial charge in [0, 0.05) is 107 Å². The molecule has 0 N–H and O–H groups in total. The van der Waals surface area contributed by atoms with E-state index < -0.39 is 10.0 Å². The molecule has 0 saturated carbocycles. The topological polar surface area (TPSA) is 142 Å². The summed E-state index contributed by atoms with van der Waals surface area (Å²) in [6.07, 6.45) is 19.4. The Kier molecular flexibility index (Phi) is 23.7. The fourth-order valence-corrected chi connectivity index (χ4v) is 14.9. The van der Waals surface area contributed by atoms with Gasteiger partial charge in [0.05, 0.1) is 57.1 Å². The number of sulfonamides is 1. The van der Waals surface area contributed by atoms with Crippen molar-refractivity contribution < 1.29 is 42.2 Å². The van der Waals surface area contributed by atoms with E-state index in [2.05, 4.69) is 201 Å². The summed E-state index contributed by atoms with van der Waals surface area (Å²) in [6, 6.07) is 82.1. The van der Waals surface area contributed by atoms with Crippen molar-refractivity contribution in [2.24, 2.45) is 0 Å². The van der Waals surface area contributed by atoms with Gasteiger partial charge in [0.2, 0.25) is 10.0 Å². The van der Waals surface area contributed by atoms with Crippen molar-refractivity contribution in [3.05, 3.63) is 280 Å². The molecule has 0 amide bonds. The van der Waals surface area contributed by atoms with Crippen molar-refractivity contribution in [3.8, 4) is 66.8 Å². The third kappa shape index (κ3) is 15.8. The summed E-state index contributed by atoms with van der Waals surface area (Å²) in [5.74, 6) is 0. The van der Waals surface area contributed by atoms with Crippen LogP contribution in [0.2, 0.25) is 0 Å². The van der Waals surface area contributed by atoms with Crippen molar-refractivity contribution >= 4 is 87.5 Å². The molecule has 9 aromatic carbocycles. The van der Waals surface area contributed by atoms with Gasteiger partial charge in [-0.05, 0) is 140 Å². The van der Waals surface area contributed by atoms with Gasteiger partial charge < -0.3 is 0 Å². The van der Waals surface area contributed by atoms with Gasteiger partial charge in [0.15, 0.2) is 0 Å². The molecule has 0 aliphatic carbocycles. The predicted molar refractivity (Wildman–Crippen MR) is 406 cm³/mol. The summed E-state index contributed by atoms with van der Waals surface area (Å²) >= 11 is 1.06. The number of hydrogen-bond donors (Lipinski definition) is 0. The Morgan fingerprint density at radius 1 is 0.330 bits per heavy atom. The minimum atomic E-state index is -3.59. The number of pyridine rings is 6. The number of benzene rings is 9. The minimum Gasteiger partial charge on any atom is -0.254 e. The van der Waals surface area contributed by atoms with Crippen molar-refractivity contribution in [2.75, 3.05) is 20.2 Å². The van der Waals surface area contributed by atoms with Crippen LogP contribution >= 0.6 is 12.0 Å². The second-order valence-electron chi connectivity index (χ2n) is 24.1. The van der Waals surface area contributed by atoms with Gasteiger partial charge in [-0.1, -0.05) is 239 Å². The summed E-state index contributed by atoms with van der Waals surface area (Å²) in [7, 11) is -2.22. The van der Waals surface area contributed by atoms with E-state index in [0.717, 1.165) is 156 Å². The van der Waals surface area contributed by atoms with Crippen LogP contribution in [-0.4, -0.2) is 62.8 Å². The standard InChI is InChI=1S/C37H43N3O5S2.2C24H16N2.Ru/c1-4-6-8-10-26-40(27-11-9-7-5-2)47(41,42)31-18-14-29(15-19-31)33-23-25-39-37-35(33)21-20-34-32(22-24-38-36(34)37)28-12-16-30(17-13-28)46-45-44-43-3;2*1-3-7-17(8-4-1)19-13-15-25-23-21(19)11-12-22-20(14-16-26-24(22)23)18-9-5-2-6-10-18;/h12-25H,4-11,26-27H2,1-3H3;2*1-16H;. The molecule has 0 aliphatic heterocycles. The number of hydrogen-bond acceptors (Lipinski definition) is 12. The van der Waals surface area contributed by atoms with Crippen LogP contribution in [0.4, 0.5) is 0 Å². The van der Waals surface area contributed by atoms with E-state index in [0.29, 0.717) is 18.0 Å². The number of nitrogens with zero attached hydrogens (tertiary/aromatic N) is 7. The number of rotatable bonds is 22. The average molecular weight is 1440 g/mol. The van der Waals surface area contributed by atoms with Crippen LogP contribution in [0.5, 0.6) is 0 Å². The second-order valence-corrected chi connectivity index (χ2v) is 26.9. The average Bonchev–Trinajstić information content (AvgIpc) is 0.770. The van der Waals surface area contributed by atoms with Crippen LogP contribution in [0.25, 0.3) is 132 Å². The maximum Gasteiger partial charge on any atom is 0.243 e. The summed E-state index contributed by atoms with van der Waals surface area (Å²) in [4.78, 5) is 33.8. The fraction of sp³-hybridized carbons (Fsp3) is 0.153. The van der Waals surface area contributed by atoms with Crippen molar-refractivity contribution in [2.45, 2.75) is 75.0 Å². The molecule has 0 unspecified atom stereocenters. The SMILES string of the molecule is CCCCCCN(CCCCCC)S(=O)(=O)c1ccc(-c2ccnc3c2ccc2c(-c4ccc(SOOOC)cc4)ccnc23)cc1.[Ru].c1ccc(-c2ccnc3c2ccc2c(-c4ccccc4)ccnc23)cc1.c1ccc(-c2ccnc3c2ccc2c(-c4ccccc4)ccnc23)cc1. The zero-order valence-electron chi connectivity index (χ0n) is 56.0. The minimum absolute atomic E-state index is 0. The largest absolute Gasteiger partial charge is 0.254 e. The molecule has 15 heteroatoms.